The highest BCUT2D eigenvalue weighted by Crippen LogP contribution is 2.32. The van der Waals surface area contributed by atoms with Crippen molar-refractivity contribution in [3.63, 3.8) is 0 Å². The van der Waals surface area contributed by atoms with Crippen LogP contribution in [-0.2, 0) is 11.2 Å². The fourth-order valence-electron chi connectivity index (χ4n) is 2.79. The molecule has 17 heavy (non-hydrogen) atoms. The summed E-state index contributed by atoms with van der Waals surface area (Å²) < 4.78 is 19.2. The van der Waals surface area contributed by atoms with Gasteiger partial charge in [0.2, 0.25) is 0 Å². The van der Waals surface area contributed by atoms with E-state index in [4.69, 9.17) is 4.74 Å². The van der Waals surface area contributed by atoms with Crippen molar-refractivity contribution in [2.24, 2.45) is 0 Å². The minimum atomic E-state index is -0.848. The van der Waals surface area contributed by atoms with E-state index in [1.54, 1.807) is 18.2 Å². The Balaban J connectivity index is 2.14. The highest BCUT2D eigenvalue weighted by molar-refractivity contribution is 5.19. The zero-order chi connectivity index (χ0) is 12.5. The Bertz CT molecular complexity index is 382. The quantitative estimate of drug-likeness (QED) is 0.858. The first kappa shape index (κ1) is 12.5. The van der Waals surface area contributed by atoms with Crippen LogP contribution in [0.3, 0.4) is 0 Å². The number of rotatable bonds is 2. The van der Waals surface area contributed by atoms with Crippen LogP contribution in [0.4, 0.5) is 4.39 Å². The molecule has 1 aliphatic rings. The number of ether oxygens (including phenoxy) is 1. The summed E-state index contributed by atoms with van der Waals surface area (Å²) in [5.74, 6) is -0.243. The molecule has 0 aromatic heterocycles. The van der Waals surface area contributed by atoms with Gasteiger partial charge in [0, 0.05) is 19.3 Å². The van der Waals surface area contributed by atoms with Crippen LogP contribution in [0.15, 0.2) is 24.3 Å². The summed E-state index contributed by atoms with van der Waals surface area (Å²) in [7, 11) is 0. The van der Waals surface area contributed by atoms with Crippen LogP contribution >= 0.6 is 0 Å². The maximum absolute atomic E-state index is 13.6. The first-order valence-corrected chi connectivity index (χ1v) is 6.10. The Labute approximate surface area is 101 Å². The summed E-state index contributed by atoms with van der Waals surface area (Å²) in [5.41, 5.74) is -0.268. The van der Waals surface area contributed by atoms with E-state index in [1.807, 2.05) is 13.8 Å². The van der Waals surface area contributed by atoms with Crippen molar-refractivity contribution in [1.29, 1.82) is 0 Å². The standard InChI is InChI=1S/C14H19FO2/c1-10-7-14(16,8-11(2)17-10)9-12-5-3-4-6-13(12)15/h3-6,10-11,16H,7-9H2,1-2H3. The third kappa shape index (κ3) is 3.05. The Kier molecular flexibility index (Phi) is 3.50. The number of halogens is 1. The molecule has 2 rings (SSSR count). The van der Waals surface area contributed by atoms with Gasteiger partial charge in [0.25, 0.3) is 0 Å². The highest BCUT2D eigenvalue weighted by atomic mass is 19.1. The van der Waals surface area contributed by atoms with Crippen LogP contribution in [0.5, 0.6) is 0 Å². The lowest BCUT2D eigenvalue weighted by Gasteiger charge is -2.39. The van der Waals surface area contributed by atoms with Gasteiger partial charge in [-0.3, -0.25) is 0 Å². The Morgan fingerprint density at radius 2 is 1.88 bits per heavy atom. The van der Waals surface area contributed by atoms with Gasteiger partial charge in [0.1, 0.15) is 5.82 Å². The van der Waals surface area contributed by atoms with Crippen molar-refractivity contribution in [2.45, 2.75) is 50.9 Å². The first-order valence-electron chi connectivity index (χ1n) is 6.10. The SMILES string of the molecule is CC1CC(O)(Cc2ccccc2F)CC(C)O1. The largest absolute Gasteiger partial charge is 0.389 e. The van der Waals surface area contributed by atoms with Gasteiger partial charge >= 0.3 is 0 Å². The third-order valence-electron chi connectivity index (χ3n) is 3.28. The van der Waals surface area contributed by atoms with Crippen molar-refractivity contribution in [3.8, 4) is 0 Å². The molecule has 1 fully saturated rings. The molecule has 1 saturated heterocycles. The number of hydrogen-bond donors (Lipinski definition) is 1. The molecule has 1 aromatic carbocycles. The maximum atomic E-state index is 13.6. The van der Waals surface area contributed by atoms with E-state index in [9.17, 15) is 9.50 Å². The Hall–Kier alpha value is -0.930. The zero-order valence-corrected chi connectivity index (χ0v) is 10.3. The minimum absolute atomic E-state index is 0.0236. The zero-order valence-electron chi connectivity index (χ0n) is 10.3. The minimum Gasteiger partial charge on any atom is -0.389 e. The van der Waals surface area contributed by atoms with Gasteiger partial charge in [-0.1, -0.05) is 18.2 Å². The molecule has 1 N–H and O–H groups in total. The lowest BCUT2D eigenvalue weighted by atomic mass is 9.82. The third-order valence-corrected chi connectivity index (χ3v) is 3.28. The predicted molar refractivity (Wildman–Crippen MR) is 64.3 cm³/mol. The average molecular weight is 238 g/mol. The summed E-state index contributed by atoms with van der Waals surface area (Å²) in [6.45, 7) is 3.89. The molecule has 1 aromatic rings. The van der Waals surface area contributed by atoms with Gasteiger partial charge in [-0.25, -0.2) is 4.39 Å². The second kappa shape index (κ2) is 4.75. The smallest absolute Gasteiger partial charge is 0.126 e. The van der Waals surface area contributed by atoms with Crippen LogP contribution in [0.25, 0.3) is 0 Å². The molecule has 0 amide bonds. The number of hydrogen-bond acceptors (Lipinski definition) is 2. The molecule has 0 aliphatic carbocycles. The van der Waals surface area contributed by atoms with Crippen LogP contribution in [0, 0.1) is 5.82 Å². The lowest BCUT2D eigenvalue weighted by Crippen LogP contribution is -2.45. The molecule has 2 nitrogen and oxygen atoms in total. The molecular weight excluding hydrogens is 219 g/mol. The van der Waals surface area contributed by atoms with E-state index in [2.05, 4.69) is 0 Å². The molecule has 0 saturated carbocycles. The summed E-state index contributed by atoms with van der Waals surface area (Å²) in [6.07, 6.45) is 1.53. The van der Waals surface area contributed by atoms with Gasteiger partial charge in [-0.05, 0) is 25.5 Å². The molecule has 94 valence electrons. The monoisotopic (exact) mass is 238 g/mol. The van der Waals surface area contributed by atoms with E-state index in [-0.39, 0.29) is 18.0 Å². The number of benzene rings is 1. The second-order valence-electron chi connectivity index (χ2n) is 5.16. The Morgan fingerprint density at radius 3 is 2.47 bits per heavy atom. The van der Waals surface area contributed by atoms with Crippen LogP contribution in [0.1, 0.15) is 32.3 Å². The molecule has 2 unspecified atom stereocenters. The average Bonchev–Trinajstić information content (AvgIpc) is 2.19. The van der Waals surface area contributed by atoms with E-state index < -0.39 is 5.60 Å². The Morgan fingerprint density at radius 1 is 1.29 bits per heavy atom. The van der Waals surface area contributed by atoms with Gasteiger partial charge in [0.05, 0.1) is 17.8 Å². The molecule has 0 spiro atoms. The topological polar surface area (TPSA) is 29.5 Å². The molecule has 0 bridgehead atoms. The predicted octanol–water partition coefficient (Wildman–Crippen LogP) is 2.69. The van der Waals surface area contributed by atoms with E-state index >= 15 is 0 Å². The van der Waals surface area contributed by atoms with E-state index in [1.165, 1.54) is 6.07 Å². The lowest BCUT2D eigenvalue weighted by molar-refractivity contribution is -0.131. The molecule has 3 heteroatoms. The van der Waals surface area contributed by atoms with Crippen molar-refractivity contribution < 1.29 is 14.2 Å². The van der Waals surface area contributed by atoms with Gasteiger partial charge in [-0.15, -0.1) is 0 Å². The van der Waals surface area contributed by atoms with Crippen molar-refractivity contribution in [1.82, 2.24) is 0 Å². The second-order valence-corrected chi connectivity index (χ2v) is 5.16. The van der Waals surface area contributed by atoms with E-state index in [0.29, 0.717) is 24.8 Å². The van der Waals surface area contributed by atoms with Crippen molar-refractivity contribution >= 4 is 0 Å². The van der Waals surface area contributed by atoms with E-state index in [0.717, 1.165) is 0 Å². The van der Waals surface area contributed by atoms with Crippen molar-refractivity contribution in [3.05, 3.63) is 35.6 Å². The van der Waals surface area contributed by atoms with Crippen LogP contribution < -0.4 is 0 Å². The normalized spacial score (nSPS) is 33.6. The molecule has 1 heterocycles. The highest BCUT2D eigenvalue weighted by Gasteiger charge is 2.37. The maximum Gasteiger partial charge on any atom is 0.126 e. The fraction of sp³-hybridized carbons (Fsp3) is 0.571. The van der Waals surface area contributed by atoms with Gasteiger partial charge in [0.15, 0.2) is 0 Å². The fourth-order valence-corrected chi connectivity index (χ4v) is 2.79. The summed E-state index contributed by atoms with van der Waals surface area (Å²) in [5, 5.41) is 10.5. The van der Waals surface area contributed by atoms with Crippen LogP contribution in [0.2, 0.25) is 0 Å². The van der Waals surface area contributed by atoms with Gasteiger partial charge < -0.3 is 9.84 Å². The van der Waals surface area contributed by atoms with Crippen LogP contribution in [-0.4, -0.2) is 22.9 Å². The first-order chi connectivity index (χ1) is 7.98. The summed E-state index contributed by atoms with van der Waals surface area (Å²) in [4.78, 5) is 0. The molecule has 0 radical (unpaired) electrons. The summed E-state index contributed by atoms with van der Waals surface area (Å²) in [6, 6.07) is 6.63. The molecule has 1 aliphatic heterocycles. The summed E-state index contributed by atoms with van der Waals surface area (Å²) >= 11 is 0. The molecule has 2 atom stereocenters. The van der Waals surface area contributed by atoms with Gasteiger partial charge in [-0.2, -0.15) is 0 Å². The van der Waals surface area contributed by atoms with Crippen molar-refractivity contribution in [2.75, 3.05) is 0 Å². The molecular formula is C14H19FO2. The number of aliphatic hydroxyl groups is 1.